The number of nitrogens with two attached hydrogens (primary N) is 1. The summed E-state index contributed by atoms with van der Waals surface area (Å²) in [5, 5.41) is 11.0. The van der Waals surface area contributed by atoms with E-state index in [1.165, 1.54) is 16.4 Å². The molecule has 3 rings (SSSR count). The normalized spacial score (nSPS) is 28.7. The van der Waals surface area contributed by atoms with Gasteiger partial charge in [0.2, 0.25) is 0 Å². The Morgan fingerprint density at radius 2 is 2.05 bits per heavy atom. The van der Waals surface area contributed by atoms with Crippen molar-refractivity contribution >= 4 is 27.3 Å². The van der Waals surface area contributed by atoms with Crippen LogP contribution in [0.4, 0.5) is 5.69 Å². The van der Waals surface area contributed by atoms with Crippen molar-refractivity contribution < 1.29 is 13.3 Å². The number of halogens is 1. The first-order valence-electron chi connectivity index (χ1n) is 7.01. The minimum Gasteiger partial charge on any atom is -0.327 e. The van der Waals surface area contributed by atoms with Crippen molar-refractivity contribution in [2.75, 3.05) is 13.1 Å². The fraction of sp³-hybridized carbons (Fsp3) is 0.538. The van der Waals surface area contributed by atoms with Crippen LogP contribution >= 0.6 is 11.6 Å². The van der Waals surface area contributed by atoms with E-state index in [-0.39, 0.29) is 22.9 Å². The molecule has 0 bridgehead atoms. The summed E-state index contributed by atoms with van der Waals surface area (Å²) in [4.78, 5) is 9.99. The molecule has 2 fully saturated rings. The second-order valence-electron chi connectivity index (χ2n) is 5.83. The molecule has 1 heterocycles. The summed E-state index contributed by atoms with van der Waals surface area (Å²) in [6.07, 6.45) is 1.79. The zero-order valence-electron chi connectivity index (χ0n) is 11.7. The van der Waals surface area contributed by atoms with Crippen LogP contribution in [-0.2, 0) is 10.0 Å². The van der Waals surface area contributed by atoms with E-state index in [0.717, 1.165) is 18.9 Å². The van der Waals surface area contributed by atoms with E-state index in [1.807, 2.05) is 0 Å². The van der Waals surface area contributed by atoms with E-state index in [9.17, 15) is 18.5 Å². The Kier molecular flexibility index (Phi) is 3.88. The molecule has 0 aromatic heterocycles. The van der Waals surface area contributed by atoms with E-state index in [1.54, 1.807) is 0 Å². The van der Waals surface area contributed by atoms with Crippen LogP contribution in [0.15, 0.2) is 23.1 Å². The van der Waals surface area contributed by atoms with Crippen LogP contribution in [0.25, 0.3) is 0 Å². The molecular weight excluding hydrogens is 330 g/mol. The molecule has 1 saturated carbocycles. The third-order valence-corrected chi connectivity index (χ3v) is 6.97. The first-order chi connectivity index (χ1) is 10.3. The van der Waals surface area contributed by atoms with Crippen LogP contribution in [-0.4, -0.2) is 36.8 Å². The molecule has 22 heavy (non-hydrogen) atoms. The summed E-state index contributed by atoms with van der Waals surface area (Å²) >= 11 is 5.95. The Bertz CT molecular complexity index is 724. The lowest BCUT2D eigenvalue weighted by atomic mass is 9.98. The number of benzene rings is 1. The van der Waals surface area contributed by atoms with Gasteiger partial charge in [0, 0.05) is 25.2 Å². The topological polar surface area (TPSA) is 107 Å². The predicted molar refractivity (Wildman–Crippen MR) is 81.1 cm³/mol. The van der Waals surface area contributed by atoms with Gasteiger partial charge in [-0.3, -0.25) is 10.1 Å². The first kappa shape index (κ1) is 15.7. The average Bonchev–Trinajstić information content (AvgIpc) is 3.01. The fourth-order valence-electron chi connectivity index (χ4n) is 3.49. The monoisotopic (exact) mass is 345 g/mol. The molecule has 0 radical (unpaired) electrons. The number of nitro groups is 1. The summed E-state index contributed by atoms with van der Waals surface area (Å²) in [6, 6.07) is 3.87. The molecule has 1 aliphatic heterocycles. The highest BCUT2D eigenvalue weighted by Gasteiger charge is 2.46. The quantitative estimate of drug-likeness (QED) is 0.661. The van der Waals surface area contributed by atoms with Crippen LogP contribution < -0.4 is 5.73 Å². The van der Waals surface area contributed by atoms with Crippen molar-refractivity contribution in [2.24, 2.45) is 17.6 Å². The van der Waals surface area contributed by atoms with Crippen LogP contribution in [0.3, 0.4) is 0 Å². The molecule has 1 aliphatic carbocycles. The highest BCUT2D eigenvalue weighted by Crippen LogP contribution is 2.41. The van der Waals surface area contributed by atoms with E-state index in [2.05, 4.69) is 0 Å². The molecule has 1 aromatic carbocycles. The van der Waals surface area contributed by atoms with Gasteiger partial charge < -0.3 is 5.73 Å². The third kappa shape index (κ3) is 2.40. The number of fused-ring (bicyclic) bond motifs is 1. The molecule has 1 saturated heterocycles. The third-order valence-electron chi connectivity index (χ3n) is 4.62. The summed E-state index contributed by atoms with van der Waals surface area (Å²) in [5.74, 6) is 0.350. The maximum Gasteiger partial charge on any atom is 0.290 e. The predicted octanol–water partition coefficient (Wildman–Crippen LogP) is 1.61. The molecule has 0 amide bonds. The van der Waals surface area contributed by atoms with Gasteiger partial charge in [0.15, 0.2) is 4.90 Å². The molecule has 120 valence electrons. The molecule has 7 nitrogen and oxygen atoms in total. The highest BCUT2D eigenvalue weighted by atomic mass is 35.5. The lowest BCUT2D eigenvalue weighted by molar-refractivity contribution is -0.387. The lowest BCUT2D eigenvalue weighted by Gasteiger charge is -2.19. The maximum atomic E-state index is 12.8. The van der Waals surface area contributed by atoms with E-state index in [0.29, 0.717) is 13.1 Å². The fourth-order valence-corrected chi connectivity index (χ4v) is 5.69. The van der Waals surface area contributed by atoms with Crippen molar-refractivity contribution in [2.45, 2.75) is 23.8 Å². The van der Waals surface area contributed by atoms with Gasteiger partial charge in [0.05, 0.1) is 9.95 Å². The number of nitrogens with zero attached hydrogens (tertiary/aromatic N) is 2. The maximum absolute atomic E-state index is 12.8. The lowest BCUT2D eigenvalue weighted by Crippen LogP contribution is -2.34. The van der Waals surface area contributed by atoms with Gasteiger partial charge in [-0.15, -0.1) is 0 Å². The molecule has 9 heteroatoms. The van der Waals surface area contributed by atoms with Gasteiger partial charge in [-0.05, 0) is 30.7 Å². The van der Waals surface area contributed by atoms with Gasteiger partial charge >= 0.3 is 0 Å². The van der Waals surface area contributed by atoms with Crippen molar-refractivity contribution in [3.63, 3.8) is 0 Å². The standard InChI is InChI=1S/C13H16ClN3O4S/c14-10-2-1-3-12(17(18)19)13(10)22(20,21)16-6-8-4-5-11(15)9(8)7-16/h1-3,8-9,11H,4-7,15H2. The summed E-state index contributed by atoms with van der Waals surface area (Å²) in [6.45, 7) is 0.652. The molecule has 2 aliphatic rings. The number of nitro benzene ring substituents is 1. The molecule has 1 aromatic rings. The molecule has 3 atom stereocenters. The van der Waals surface area contributed by atoms with Gasteiger partial charge in [0.1, 0.15) is 0 Å². The molecule has 0 spiro atoms. The second-order valence-corrected chi connectivity index (χ2v) is 8.11. The number of rotatable bonds is 3. The van der Waals surface area contributed by atoms with Gasteiger partial charge in [0.25, 0.3) is 15.7 Å². The smallest absolute Gasteiger partial charge is 0.290 e. The number of hydrogen-bond donors (Lipinski definition) is 1. The van der Waals surface area contributed by atoms with E-state index < -0.39 is 25.5 Å². The SMILES string of the molecule is NC1CCC2CN(S(=O)(=O)c3c(Cl)cccc3[N+](=O)[O-])CC12. The Labute approximate surface area is 133 Å². The Hall–Kier alpha value is -1.22. The first-order valence-corrected chi connectivity index (χ1v) is 8.83. The van der Waals surface area contributed by atoms with Gasteiger partial charge in [-0.25, -0.2) is 8.42 Å². The summed E-state index contributed by atoms with van der Waals surface area (Å²) in [7, 11) is -4.01. The van der Waals surface area contributed by atoms with Gasteiger partial charge in [-0.2, -0.15) is 4.31 Å². The Balaban J connectivity index is 2.00. The van der Waals surface area contributed by atoms with Crippen LogP contribution in [0.1, 0.15) is 12.8 Å². The summed E-state index contributed by atoms with van der Waals surface area (Å²) in [5.41, 5.74) is 5.52. The minimum absolute atomic E-state index is 0.00793. The minimum atomic E-state index is -4.01. The zero-order valence-corrected chi connectivity index (χ0v) is 13.3. The van der Waals surface area contributed by atoms with Crippen LogP contribution in [0.5, 0.6) is 0 Å². The zero-order chi connectivity index (χ0) is 16.1. The Morgan fingerprint density at radius 3 is 2.68 bits per heavy atom. The van der Waals surface area contributed by atoms with Crippen molar-refractivity contribution in [1.82, 2.24) is 4.31 Å². The van der Waals surface area contributed by atoms with Crippen LogP contribution in [0.2, 0.25) is 5.02 Å². The Morgan fingerprint density at radius 1 is 1.32 bits per heavy atom. The van der Waals surface area contributed by atoms with Crippen molar-refractivity contribution in [3.05, 3.63) is 33.3 Å². The summed E-state index contributed by atoms with van der Waals surface area (Å²) < 4.78 is 26.9. The average molecular weight is 346 g/mol. The van der Waals surface area contributed by atoms with Crippen molar-refractivity contribution in [3.8, 4) is 0 Å². The largest absolute Gasteiger partial charge is 0.327 e. The highest BCUT2D eigenvalue weighted by molar-refractivity contribution is 7.89. The van der Waals surface area contributed by atoms with E-state index in [4.69, 9.17) is 17.3 Å². The number of hydrogen-bond acceptors (Lipinski definition) is 5. The molecule has 2 N–H and O–H groups in total. The molecular formula is C13H16ClN3O4S. The second kappa shape index (κ2) is 5.45. The van der Waals surface area contributed by atoms with E-state index >= 15 is 0 Å². The van der Waals surface area contributed by atoms with Gasteiger partial charge in [-0.1, -0.05) is 17.7 Å². The van der Waals surface area contributed by atoms with Crippen LogP contribution in [0, 0.1) is 22.0 Å². The van der Waals surface area contributed by atoms with Crippen molar-refractivity contribution in [1.29, 1.82) is 0 Å². The molecule has 3 unspecified atom stereocenters. The number of sulfonamides is 1.